The maximum atomic E-state index is 14.7. The first-order chi connectivity index (χ1) is 25.7. The fourth-order valence-electron chi connectivity index (χ4n) is 8.79. The number of nitrogens with one attached hydrogen (secondary N) is 1. The number of amides is 1. The summed E-state index contributed by atoms with van der Waals surface area (Å²) in [6.07, 6.45) is 9.13. The maximum absolute atomic E-state index is 14.7. The van der Waals surface area contributed by atoms with Crippen LogP contribution in [-0.2, 0) is 24.1 Å². The number of hydrogen-bond donors (Lipinski definition) is 1. The van der Waals surface area contributed by atoms with Crippen LogP contribution in [0.25, 0.3) is 10.8 Å². The van der Waals surface area contributed by atoms with Crippen LogP contribution in [0.15, 0.2) is 43.4 Å². The van der Waals surface area contributed by atoms with Crippen LogP contribution in [0, 0.1) is 5.92 Å². The number of likely N-dealkylation sites (tertiary alicyclic amines) is 1. The molecule has 14 nitrogen and oxygen atoms in total. The van der Waals surface area contributed by atoms with Gasteiger partial charge >= 0.3 is 0 Å². The second-order valence-corrected chi connectivity index (χ2v) is 17.2. The van der Waals surface area contributed by atoms with Crippen LogP contribution in [-0.4, -0.2) is 140 Å². The predicted molar refractivity (Wildman–Crippen MR) is 200 cm³/mol. The van der Waals surface area contributed by atoms with E-state index in [2.05, 4.69) is 31.7 Å². The van der Waals surface area contributed by atoms with Gasteiger partial charge < -0.3 is 29.5 Å². The van der Waals surface area contributed by atoms with Crippen molar-refractivity contribution in [1.82, 2.24) is 29.7 Å². The third-order valence-corrected chi connectivity index (χ3v) is 14.0. The van der Waals surface area contributed by atoms with Gasteiger partial charge in [-0.05, 0) is 50.3 Å². The normalized spacial score (nSPS) is 27.2. The SMILES string of the molecule is C=CC(=O)N1CCCC1c1ncc(N2CC(C3CN(C4CCOCC4)CCS3(=O)=O)C2)c2cnc(Nc3ccnc(N4CC[C@@H](OC)[C@@H](F)C4)n3)cc12. The Morgan fingerprint density at radius 2 is 1.83 bits per heavy atom. The molecule has 2 unspecified atom stereocenters. The zero-order valence-electron chi connectivity index (χ0n) is 30.1. The maximum Gasteiger partial charge on any atom is 0.246 e. The molecule has 3 aromatic heterocycles. The number of nitrogens with zero attached hydrogens (tertiary/aromatic N) is 8. The van der Waals surface area contributed by atoms with Crippen molar-refractivity contribution in [1.29, 1.82) is 0 Å². The number of hydrogen-bond acceptors (Lipinski definition) is 13. The molecule has 8 heterocycles. The molecule has 5 aliphatic rings. The predicted octanol–water partition coefficient (Wildman–Crippen LogP) is 3.29. The van der Waals surface area contributed by atoms with Crippen LogP contribution in [0.4, 0.5) is 27.7 Å². The van der Waals surface area contributed by atoms with E-state index in [1.165, 1.54) is 13.2 Å². The van der Waals surface area contributed by atoms with Crippen molar-refractivity contribution in [2.24, 2.45) is 5.92 Å². The van der Waals surface area contributed by atoms with Crippen molar-refractivity contribution in [2.75, 3.05) is 87.0 Å². The highest BCUT2D eigenvalue weighted by Gasteiger charge is 2.45. The number of carbonyl (C=O) groups is 1. The van der Waals surface area contributed by atoms with E-state index in [1.54, 1.807) is 12.3 Å². The number of anilines is 4. The lowest BCUT2D eigenvalue weighted by molar-refractivity contribution is -0.126. The summed E-state index contributed by atoms with van der Waals surface area (Å²) < 4.78 is 52.3. The molecule has 5 fully saturated rings. The topological polar surface area (TPSA) is 146 Å². The Kier molecular flexibility index (Phi) is 10.2. The molecule has 5 saturated heterocycles. The van der Waals surface area contributed by atoms with Gasteiger partial charge in [0.25, 0.3) is 0 Å². The molecule has 53 heavy (non-hydrogen) atoms. The molecule has 5 aliphatic heterocycles. The summed E-state index contributed by atoms with van der Waals surface area (Å²) in [6, 6.07) is 3.83. The molecule has 4 atom stereocenters. The second kappa shape index (κ2) is 15.0. The summed E-state index contributed by atoms with van der Waals surface area (Å²) in [5, 5.41) is 4.64. The molecule has 8 rings (SSSR count). The molecule has 284 valence electrons. The minimum absolute atomic E-state index is 0.0155. The van der Waals surface area contributed by atoms with Gasteiger partial charge in [0.15, 0.2) is 9.84 Å². The van der Waals surface area contributed by atoms with Gasteiger partial charge in [-0.1, -0.05) is 6.58 Å². The zero-order chi connectivity index (χ0) is 36.7. The summed E-state index contributed by atoms with van der Waals surface area (Å²) in [5.74, 6) is 1.54. The Morgan fingerprint density at radius 3 is 2.60 bits per heavy atom. The van der Waals surface area contributed by atoms with Crippen molar-refractivity contribution in [2.45, 2.75) is 61.7 Å². The number of halogens is 1. The molecule has 0 saturated carbocycles. The molecule has 16 heteroatoms. The third-order valence-electron chi connectivity index (χ3n) is 11.8. The lowest BCUT2D eigenvalue weighted by Crippen LogP contribution is -2.61. The van der Waals surface area contributed by atoms with Crippen LogP contribution in [0.3, 0.4) is 0 Å². The van der Waals surface area contributed by atoms with Gasteiger partial charge in [-0.15, -0.1) is 0 Å². The van der Waals surface area contributed by atoms with Gasteiger partial charge in [-0.3, -0.25) is 14.7 Å². The molecule has 3 aromatic rings. The Hall–Kier alpha value is -3.99. The molecule has 0 bridgehead atoms. The fourth-order valence-corrected chi connectivity index (χ4v) is 10.8. The number of methoxy groups -OCH3 is 1. The number of sulfone groups is 1. The van der Waals surface area contributed by atoms with Crippen molar-refractivity contribution < 1.29 is 27.1 Å². The van der Waals surface area contributed by atoms with Crippen LogP contribution in [0.2, 0.25) is 0 Å². The van der Waals surface area contributed by atoms with Crippen molar-refractivity contribution in [3.05, 3.63) is 49.1 Å². The average molecular weight is 750 g/mol. The molecule has 1 N–H and O–H groups in total. The highest BCUT2D eigenvalue weighted by Crippen LogP contribution is 2.41. The van der Waals surface area contributed by atoms with Gasteiger partial charge in [0.05, 0.1) is 47.3 Å². The van der Waals surface area contributed by atoms with Crippen LogP contribution < -0.4 is 15.1 Å². The molecular weight excluding hydrogens is 702 g/mol. The van der Waals surface area contributed by atoms with Crippen molar-refractivity contribution in [3.8, 4) is 0 Å². The largest absolute Gasteiger partial charge is 0.381 e. The molecule has 0 radical (unpaired) electrons. The Morgan fingerprint density at radius 1 is 1.00 bits per heavy atom. The second-order valence-electron chi connectivity index (χ2n) is 14.8. The minimum atomic E-state index is -3.21. The number of fused-ring (bicyclic) bond motifs is 1. The standard InChI is InChI=1S/C37H48FN9O5S/c1-3-35(48)47-11-4-5-29(47)36-26-17-34(42-33-6-10-39-37(43-33)45-12-7-31(51-2)28(38)22-45)40-18-27(26)30(19-41-36)46-20-24(21-46)32-23-44(13-16-53(32,49)50)25-8-14-52-15-9-25/h3,6,10,17-19,24-25,28-29,31-32H,1,4-5,7-9,11-16,20-23H2,2H3,(H,39,40,42,43)/t28-,29?,31+,32?/m0/s1. The number of alkyl halides is 1. The first-order valence-electron chi connectivity index (χ1n) is 18.7. The molecule has 0 aliphatic carbocycles. The average Bonchev–Trinajstić information content (AvgIpc) is 3.65. The summed E-state index contributed by atoms with van der Waals surface area (Å²) in [7, 11) is -1.68. The monoisotopic (exact) mass is 749 g/mol. The number of pyridine rings is 2. The molecular formula is C37H48FN9O5S. The lowest BCUT2D eigenvalue weighted by Gasteiger charge is -2.48. The number of carbonyl (C=O) groups excluding carboxylic acids is 1. The van der Waals surface area contributed by atoms with Crippen molar-refractivity contribution >= 4 is 49.8 Å². The Bertz CT molecular complexity index is 1940. The van der Waals surface area contributed by atoms with Crippen LogP contribution in [0.5, 0.6) is 0 Å². The molecule has 0 aromatic carbocycles. The number of rotatable bonds is 9. The van der Waals surface area contributed by atoms with Gasteiger partial charge in [0.2, 0.25) is 11.9 Å². The van der Waals surface area contributed by atoms with E-state index in [0.29, 0.717) is 69.3 Å². The van der Waals surface area contributed by atoms with Crippen molar-refractivity contribution in [3.63, 3.8) is 0 Å². The van der Waals surface area contributed by atoms with Gasteiger partial charge in [-0.25, -0.2) is 22.8 Å². The third kappa shape index (κ3) is 7.18. The van der Waals surface area contributed by atoms with E-state index >= 15 is 0 Å². The van der Waals surface area contributed by atoms with E-state index in [-0.39, 0.29) is 30.2 Å². The summed E-state index contributed by atoms with van der Waals surface area (Å²) in [5.41, 5.74) is 1.66. The Balaban J connectivity index is 1.06. The first-order valence-corrected chi connectivity index (χ1v) is 20.5. The van der Waals surface area contributed by atoms with Gasteiger partial charge in [0, 0.05) is 94.7 Å². The highest BCUT2D eigenvalue weighted by molar-refractivity contribution is 7.92. The minimum Gasteiger partial charge on any atom is -0.381 e. The summed E-state index contributed by atoms with van der Waals surface area (Å²) in [4.78, 5) is 40.0. The van der Waals surface area contributed by atoms with Crippen LogP contribution >= 0.6 is 0 Å². The van der Waals surface area contributed by atoms with E-state index < -0.39 is 27.4 Å². The number of piperidine rings is 1. The van der Waals surface area contributed by atoms with Gasteiger partial charge in [-0.2, -0.15) is 4.98 Å². The Labute approximate surface area is 309 Å². The molecule has 1 amide bonds. The van der Waals surface area contributed by atoms with E-state index in [0.717, 1.165) is 61.1 Å². The first kappa shape index (κ1) is 36.0. The number of aromatic nitrogens is 4. The number of ether oxygens (including phenoxy) is 2. The van der Waals surface area contributed by atoms with E-state index in [4.69, 9.17) is 19.4 Å². The van der Waals surface area contributed by atoms with Gasteiger partial charge in [0.1, 0.15) is 17.8 Å². The summed E-state index contributed by atoms with van der Waals surface area (Å²) in [6.45, 7) is 8.90. The fraction of sp³-hybridized carbons (Fsp3) is 0.595. The van der Waals surface area contributed by atoms with E-state index in [1.807, 2.05) is 28.3 Å². The smallest absolute Gasteiger partial charge is 0.246 e. The highest BCUT2D eigenvalue weighted by atomic mass is 32.2. The quantitative estimate of drug-likeness (QED) is 0.320. The lowest BCUT2D eigenvalue weighted by atomic mass is 9.93. The summed E-state index contributed by atoms with van der Waals surface area (Å²) >= 11 is 0. The van der Waals surface area contributed by atoms with Crippen LogP contribution in [0.1, 0.15) is 43.8 Å². The molecule has 0 spiro atoms. The van der Waals surface area contributed by atoms with E-state index in [9.17, 15) is 17.6 Å². The zero-order valence-corrected chi connectivity index (χ0v) is 31.0.